The van der Waals surface area contributed by atoms with Crippen LogP contribution in [-0.4, -0.2) is 29.6 Å². The fourth-order valence-electron chi connectivity index (χ4n) is 1.95. The number of carbonyl (C=O) groups is 1. The Hall–Kier alpha value is -0.940. The molecule has 0 aromatic carbocycles. The van der Waals surface area contributed by atoms with E-state index in [1.807, 2.05) is 23.3 Å². The second-order valence-corrected chi connectivity index (χ2v) is 5.32. The fourth-order valence-corrected chi connectivity index (χ4v) is 2.90. The highest BCUT2D eigenvalue weighted by atomic mass is 32.1. The second-order valence-electron chi connectivity index (χ2n) is 4.32. The summed E-state index contributed by atoms with van der Waals surface area (Å²) in [6, 6.07) is 2.05. The number of halogens is 1. The normalized spacial score (nSPS) is 26.1. The smallest absolute Gasteiger partial charge is 0.256 e. The molecule has 5 heteroatoms. The van der Waals surface area contributed by atoms with Gasteiger partial charge < -0.3 is 5.73 Å². The molecule has 2 rings (SSSR count). The summed E-state index contributed by atoms with van der Waals surface area (Å²) in [4.78, 5) is 14.1. The maximum atomic E-state index is 13.9. The van der Waals surface area contributed by atoms with Crippen molar-refractivity contribution in [3.63, 3.8) is 0 Å². The quantitative estimate of drug-likeness (QED) is 0.872. The highest BCUT2D eigenvalue weighted by Crippen LogP contribution is 2.28. The van der Waals surface area contributed by atoms with Crippen LogP contribution in [-0.2, 0) is 11.3 Å². The molecular weight excluding hydrogens is 227 g/mol. The van der Waals surface area contributed by atoms with Gasteiger partial charge in [-0.2, -0.15) is 0 Å². The lowest BCUT2D eigenvalue weighted by molar-refractivity contribution is -0.128. The van der Waals surface area contributed by atoms with Gasteiger partial charge in [0.1, 0.15) is 0 Å². The SMILES string of the molecule is Cc1ccsc1CN1CCC(F)(C(N)=O)C1. The molecular formula is C11H15FN2OS. The summed E-state index contributed by atoms with van der Waals surface area (Å²) in [5, 5.41) is 2.03. The summed E-state index contributed by atoms with van der Waals surface area (Å²) >= 11 is 1.66. The highest BCUT2D eigenvalue weighted by Gasteiger charge is 2.43. The van der Waals surface area contributed by atoms with Crippen LogP contribution < -0.4 is 5.73 Å². The molecule has 1 aromatic rings. The average Bonchev–Trinajstić information content (AvgIpc) is 2.77. The Morgan fingerprint density at radius 1 is 1.75 bits per heavy atom. The van der Waals surface area contributed by atoms with Gasteiger partial charge in [-0.1, -0.05) is 0 Å². The molecule has 1 aliphatic heterocycles. The van der Waals surface area contributed by atoms with E-state index in [-0.39, 0.29) is 13.0 Å². The van der Waals surface area contributed by atoms with E-state index in [9.17, 15) is 9.18 Å². The molecule has 3 nitrogen and oxygen atoms in total. The predicted molar refractivity (Wildman–Crippen MR) is 62.0 cm³/mol. The third kappa shape index (κ3) is 2.10. The van der Waals surface area contributed by atoms with Gasteiger partial charge in [0.25, 0.3) is 5.91 Å². The Balaban J connectivity index is 2.00. The molecule has 2 N–H and O–H groups in total. The number of hydrogen-bond acceptors (Lipinski definition) is 3. The Bertz CT molecular complexity index is 406. The minimum Gasteiger partial charge on any atom is -0.367 e. The van der Waals surface area contributed by atoms with Crippen LogP contribution in [0.1, 0.15) is 16.9 Å². The molecule has 1 aliphatic rings. The zero-order chi connectivity index (χ0) is 11.8. The lowest BCUT2D eigenvalue weighted by Gasteiger charge is -2.17. The minimum absolute atomic E-state index is 0.125. The number of thiophene rings is 1. The van der Waals surface area contributed by atoms with E-state index in [1.54, 1.807) is 11.3 Å². The summed E-state index contributed by atoms with van der Waals surface area (Å²) < 4.78 is 13.9. The molecule has 0 bridgehead atoms. The van der Waals surface area contributed by atoms with Gasteiger partial charge in [-0.05, 0) is 23.9 Å². The Labute approximate surface area is 98.0 Å². The van der Waals surface area contributed by atoms with Crippen molar-refractivity contribution in [2.24, 2.45) is 5.73 Å². The van der Waals surface area contributed by atoms with Crippen molar-refractivity contribution in [3.8, 4) is 0 Å². The zero-order valence-corrected chi connectivity index (χ0v) is 10.0. The molecule has 1 atom stereocenters. The number of alkyl halides is 1. The molecule has 1 saturated heterocycles. The van der Waals surface area contributed by atoms with Crippen molar-refractivity contribution < 1.29 is 9.18 Å². The molecule has 0 saturated carbocycles. The van der Waals surface area contributed by atoms with Crippen molar-refractivity contribution in [1.82, 2.24) is 4.90 Å². The third-order valence-corrected chi connectivity index (χ3v) is 4.08. The molecule has 1 amide bonds. The predicted octanol–water partition coefficient (Wildman–Crippen LogP) is 1.46. The van der Waals surface area contributed by atoms with Crippen LogP contribution >= 0.6 is 11.3 Å². The first-order chi connectivity index (χ1) is 7.51. The minimum atomic E-state index is -1.83. The number of amides is 1. The van der Waals surface area contributed by atoms with Gasteiger partial charge in [-0.15, -0.1) is 11.3 Å². The molecule has 0 radical (unpaired) electrons. The highest BCUT2D eigenvalue weighted by molar-refractivity contribution is 7.10. The second kappa shape index (κ2) is 4.14. The molecule has 1 aromatic heterocycles. The van der Waals surface area contributed by atoms with Gasteiger partial charge in [-0.3, -0.25) is 9.69 Å². The van der Waals surface area contributed by atoms with Crippen LogP contribution in [0.4, 0.5) is 4.39 Å². The average molecular weight is 242 g/mol. The molecule has 0 aliphatic carbocycles. The van der Waals surface area contributed by atoms with Gasteiger partial charge in [0.15, 0.2) is 0 Å². The number of aryl methyl sites for hydroxylation is 1. The maximum Gasteiger partial charge on any atom is 0.256 e. The summed E-state index contributed by atoms with van der Waals surface area (Å²) in [5.41, 5.74) is 4.45. The zero-order valence-electron chi connectivity index (χ0n) is 9.20. The molecule has 1 fully saturated rings. The Morgan fingerprint density at radius 3 is 3.00 bits per heavy atom. The Kier molecular flexibility index (Phi) is 2.99. The summed E-state index contributed by atoms with van der Waals surface area (Å²) in [7, 11) is 0. The summed E-state index contributed by atoms with van der Waals surface area (Å²) in [5.74, 6) is -0.835. The fraction of sp³-hybridized carbons (Fsp3) is 0.545. The maximum absolute atomic E-state index is 13.9. The third-order valence-electron chi connectivity index (χ3n) is 3.08. The van der Waals surface area contributed by atoms with E-state index in [1.165, 1.54) is 10.4 Å². The van der Waals surface area contributed by atoms with E-state index in [4.69, 9.17) is 5.73 Å². The number of nitrogens with zero attached hydrogens (tertiary/aromatic N) is 1. The lowest BCUT2D eigenvalue weighted by atomic mass is 10.1. The van der Waals surface area contributed by atoms with E-state index >= 15 is 0 Å². The van der Waals surface area contributed by atoms with Crippen LogP contribution in [0.25, 0.3) is 0 Å². The van der Waals surface area contributed by atoms with E-state index in [2.05, 4.69) is 0 Å². The first-order valence-electron chi connectivity index (χ1n) is 5.25. The molecule has 16 heavy (non-hydrogen) atoms. The number of hydrogen-bond donors (Lipinski definition) is 1. The number of nitrogens with two attached hydrogens (primary N) is 1. The van der Waals surface area contributed by atoms with Crippen LogP contribution in [0.5, 0.6) is 0 Å². The van der Waals surface area contributed by atoms with Gasteiger partial charge >= 0.3 is 0 Å². The van der Waals surface area contributed by atoms with Gasteiger partial charge in [-0.25, -0.2) is 4.39 Å². The molecule has 0 spiro atoms. The Morgan fingerprint density at radius 2 is 2.50 bits per heavy atom. The molecule has 88 valence electrons. The van der Waals surface area contributed by atoms with E-state index in [0.29, 0.717) is 13.1 Å². The van der Waals surface area contributed by atoms with Crippen LogP contribution in [0.3, 0.4) is 0 Å². The van der Waals surface area contributed by atoms with E-state index in [0.717, 1.165) is 0 Å². The first kappa shape index (κ1) is 11.5. The molecule has 1 unspecified atom stereocenters. The number of carbonyl (C=O) groups excluding carboxylic acids is 1. The van der Waals surface area contributed by atoms with Crippen LogP contribution in [0, 0.1) is 6.92 Å². The van der Waals surface area contributed by atoms with Gasteiger partial charge in [0, 0.05) is 30.9 Å². The van der Waals surface area contributed by atoms with Crippen molar-refractivity contribution in [1.29, 1.82) is 0 Å². The standard InChI is InChI=1S/C11H15FN2OS/c1-8-2-5-16-9(8)6-14-4-3-11(12,7-14)10(13)15/h2,5H,3-4,6-7H2,1H3,(H2,13,15). The van der Waals surface area contributed by atoms with Crippen LogP contribution in [0.2, 0.25) is 0 Å². The summed E-state index contributed by atoms with van der Waals surface area (Å²) in [6.45, 7) is 3.47. The van der Waals surface area contributed by atoms with Gasteiger partial charge in [0.05, 0.1) is 0 Å². The monoisotopic (exact) mass is 242 g/mol. The van der Waals surface area contributed by atoms with Crippen molar-refractivity contribution >= 4 is 17.2 Å². The van der Waals surface area contributed by atoms with Crippen molar-refractivity contribution in [3.05, 3.63) is 21.9 Å². The summed E-state index contributed by atoms with van der Waals surface area (Å²) in [6.07, 6.45) is 0.215. The first-order valence-corrected chi connectivity index (χ1v) is 6.13. The lowest BCUT2D eigenvalue weighted by Crippen LogP contribution is -2.42. The number of rotatable bonds is 3. The molecule has 2 heterocycles. The topological polar surface area (TPSA) is 46.3 Å². The van der Waals surface area contributed by atoms with Crippen molar-refractivity contribution in [2.45, 2.75) is 25.6 Å². The van der Waals surface area contributed by atoms with Crippen LogP contribution in [0.15, 0.2) is 11.4 Å². The number of likely N-dealkylation sites (tertiary alicyclic amines) is 1. The van der Waals surface area contributed by atoms with Crippen molar-refractivity contribution in [2.75, 3.05) is 13.1 Å². The van der Waals surface area contributed by atoms with Gasteiger partial charge in [0.2, 0.25) is 5.67 Å². The van der Waals surface area contributed by atoms with E-state index < -0.39 is 11.6 Å². The number of primary amides is 1. The largest absolute Gasteiger partial charge is 0.367 e.